The first-order valence-corrected chi connectivity index (χ1v) is 9.01. The fourth-order valence-electron chi connectivity index (χ4n) is 2.86. The number of ether oxygens (including phenoxy) is 2. The van der Waals surface area contributed by atoms with Crippen molar-refractivity contribution < 1.29 is 18.7 Å². The van der Waals surface area contributed by atoms with Gasteiger partial charge in [-0.05, 0) is 41.8 Å². The number of hydrogen-bond acceptors (Lipinski definition) is 3. The topological polar surface area (TPSA) is 47.6 Å². The van der Waals surface area contributed by atoms with Crippen molar-refractivity contribution in [3.05, 3.63) is 58.4 Å². The van der Waals surface area contributed by atoms with Crippen LogP contribution in [0.1, 0.15) is 24.5 Å². The molecule has 1 amide bonds. The minimum Gasteiger partial charge on any atom is -0.489 e. The summed E-state index contributed by atoms with van der Waals surface area (Å²) < 4.78 is 24.5. The quantitative estimate of drug-likeness (QED) is 0.852. The highest BCUT2D eigenvalue weighted by Crippen LogP contribution is 2.37. The first-order valence-electron chi connectivity index (χ1n) is 8.63. The smallest absolute Gasteiger partial charge is 0.223 e. The molecule has 1 N–H and O–H groups in total. The molecule has 1 aliphatic rings. The number of carbonyl (C=O) groups excluding carboxylic acids is 1. The summed E-state index contributed by atoms with van der Waals surface area (Å²) >= 11 is 6.27. The van der Waals surface area contributed by atoms with Gasteiger partial charge in [-0.15, -0.1) is 0 Å². The molecule has 3 rings (SSSR count). The van der Waals surface area contributed by atoms with Crippen molar-refractivity contribution in [2.45, 2.75) is 26.3 Å². The first-order chi connectivity index (χ1) is 12.5. The van der Waals surface area contributed by atoms with Gasteiger partial charge in [-0.3, -0.25) is 4.79 Å². The van der Waals surface area contributed by atoms with Crippen LogP contribution in [-0.4, -0.2) is 19.1 Å². The fourth-order valence-corrected chi connectivity index (χ4v) is 3.15. The van der Waals surface area contributed by atoms with Gasteiger partial charge in [0.2, 0.25) is 5.91 Å². The third kappa shape index (κ3) is 4.67. The van der Waals surface area contributed by atoms with Crippen molar-refractivity contribution in [2.24, 2.45) is 5.92 Å². The lowest BCUT2D eigenvalue weighted by atomic mass is 10.00. The number of hydrogen-bond donors (Lipinski definition) is 1. The molecule has 4 nitrogen and oxygen atoms in total. The van der Waals surface area contributed by atoms with Gasteiger partial charge in [0.05, 0.1) is 18.2 Å². The molecule has 0 bridgehead atoms. The molecule has 26 heavy (non-hydrogen) atoms. The Morgan fingerprint density at radius 1 is 1.23 bits per heavy atom. The second-order valence-corrected chi connectivity index (χ2v) is 6.82. The highest BCUT2D eigenvalue weighted by molar-refractivity contribution is 6.32. The highest BCUT2D eigenvalue weighted by Gasteiger charge is 2.17. The van der Waals surface area contributed by atoms with Crippen LogP contribution >= 0.6 is 11.6 Å². The largest absolute Gasteiger partial charge is 0.489 e. The molecule has 1 aliphatic heterocycles. The van der Waals surface area contributed by atoms with Crippen molar-refractivity contribution in [3.63, 3.8) is 0 Å². The van der Waals surface area contributed by atoms with Crippen LogP contribution in [0.25, 0.3) is 0 Å². The Morgan fingerprint density at radius 3 is 2.85 bits per heavy atom. The average molecular weight is 378 g/mol. The molecular formula is C20H21ClFNO3. The van der Waals surface area contributed by atoms with E-state index < -0.39 is 0 Å². The van der Waals surface area contributed by atoms with Gasteiger partial charge in [-0.25, -0.2) is 4.39 Å². The Kier molecular flexibility index (Phi) is 5.99. The standard InChI is InChI=1S/C20H21ClFNO3/c1-13(8-14-4-2-5-16(22)9-14)20(24)23-12-15-10-17(21)19-18(11-15)25-6-3-7-26-19/h2,4-5,9-11,13H,3,6-8,12H2,1H3,(H,23,24). The molecule has 0 aromatic heterocycles. The number of halogens is 2. The van der Waals surface area contributed by atoms with Gasteiger partial charge in [-0.1, -0.05) is 30.7 Å². The molecule has 6 heteroatoms. The molecule has 0 saturated heterocycles. The molecule has 0 radical (unpaired) electrons. The normalized spacial score (nSPS) is 14.4. The van der Waals surface area contributed by atoms with E-state index >= 15 is 0 Å². The predicted molar refractivity (Wildman–Crippen MR) is 98.2 cm³/mol. The van der Waals surface area contributed by atoms with Gasteiger partial charge in [0, 0.05) is 18.9 Å². The van der Waals surface area contributed by atoms with E-state index in [1.807, 2.05) is 19.1 Å². The maximum atomic E-state index is 13.3. The molecule has 1 unspecified atom stereocenters. The van der Waals surface area contributed by atoms with E-state index in [4.69, 9.17) is 21.1 Å². The second-order valence-electron chi connectivity index (χ2n) is 6.41. The maximum Gasteiger partial charge on any atom is 0.223 e. The summed E-state index contributed by atoms with van der Waals surface area (Å²) in [5.41, 5.74) is 1.64. The summed E-state index contributed by atoms with van der Waals surface area (Å²) in [5, 5.41) is 3.37. The van der Waals surface area contributed by atoms with E-state index in [1.54, 1.807) is 12.1 Å². The Labute approximate surface area is 157 Å². The zero-order chi connectivity index (χ0) is 18.5. The molecule has 138 valence electrons. The summed E-state index contributed by atoms with van der Waals surface area (Å²) in [6.45, 7) is 3.30. The lowest BCUT2D eigenvalue weighted by Crippen LogP contribution is -2.29. The van der Waals surface area contributed by atoms with Gasteiger partial charge < -0.3 is 14.8 Å². The predicted octanol–water partition coefficient (Wildman–Crippen LogP) is 4.14. The van der Waals surface area contributed by atoms with Crippen molar-refractivity contribution >= 4 is 17.5 Å². The number of nitrogens with one attached hydrogen (secondary N) is 1. The monoisotopic (exact) mass is 377 g/mol. The molecule has 0 fully saturated rings. The Morgan fingerprint density at radius 2 is 2.04 bits per heavy atom. The minimum absolute atomic E-state index is 0.0995. The number of fused-ring (bicyclic) bond motifs is 1. The number of benzene rings is 2. The Bertz CT molecular complexity index is 797. The zero-order valence-corrected chi connectivity index (χ0v) is 15.3. The van der Waals surface area contributed by atoms with Crippen molar-refractivity contribution in [2.75, 3.05) is 13.2 Å². The molecule has 2 aromatic carbocycles. The lowest BCUT2D eigenvalue weighted by molar-refractivity contribution is -0.124. The zero-order valence-electron chi connectivity index (χ0n) is 14.6. The van der Waals surface area contributed by atoms with Crippen molar-refractivity contribution in [1.82, 2.24) is 5.32 Å². The summed E-state index contributed by atoms with van der Waals surface area (Å²) in [6, 6.07) is 9.91. The average Bonchev–Trinajstić information content (AvgIpc) is 2.85. The van der Waals surface area contributed by atoms with Crippen LogP contribution < -0.4 is 14.8 Å². The van der Waals surface area contributed by atoms with Gasteiger partial charge in [0.25, 0.3) is 0 Å². The molecule has 1 atom stereocenters. The van der Waals surface area contributed by atoms with Crippen LogP contribution in [0.3, 0.4) is 0 Å². The SMILES string of the molecule is CC(Cc1cccc(F)c1)C(=O)NCc1cc(Cl)c2c(c1)OCCCO2. The summed E-state index contributed by atoms with van der Waals surface area (Å²) in [7, 11) is 0. The number of rotatable bonds is 5. The van der Waals surface area contributed by atoms with E-state index in [2.05, 4.69) is 5.32 Å². The summed E-state index contributed by atoms with van der Waals surface area (Å²) in [4.78, 5) is 12.3. The van der Waals surface area contributed by atoms with Crippen LogP contribution in [0.4, 0.5) is 4.39 Å². The van der Waals surface area contributed by atoms with E-state index in [9.17, 15) is 9.18 Å². The Balaban J connectivity index is 1.60. The summed E-state index contributed by atoms with van der Waals surface area (Å²) in [6.07, 6.45) is 1.28. The third-order valence-corrected chi connectivity index (χ3v) is 4.49. The highest BCUT2D eigenvalue weighted by atomic mass is 35.5. The Hall–Kier alpha value is -2.27. The number of amides is 1. The molecular weight excluding hydrogens is 357 g/mol. The van der Waals surface area contributed by atoms with E-state index in [-0.39, 0.29) is 17.6 Å². The molecule has 0 spiro atoms. The van der Waals surface area contributed by atoms with Gasteiger partial charge in [-0.2, -0.15) is 0 Å². The maximum absolute atomic E-state index is 13.3. The fraction of sp³-hybridized carbons (Fsp3) is 0.350. The van der Waals surface area contributed by atoms with E-state index in [0.29, 0.717) is 42.7 Å². The van der Waals surface area contributed by atoms with Crippen molar-refractivity contribution in [1.29, 1.82) is 0 Å². The molecule has 0 saturated carbocycles. The molecule has 1 heterocycles. The van der Waals surface area contributed by atoms with Gasteiger partial charge >= 0.3 is 0 Å². The van der Waals surface area contributed by atoms with E-state index in [1.165, 1.54) is 12.1 Å². The van der Waals surface area contributed by atoms with Gasteiger partial charge in [0.15, 0.2) is 11.5 Å². The van der Waals surface area contributed by atoms with Gasteiger partial charge in [0.1, 0.15) is 5.82 Å². The molecule has 2 aromatic rings. The van der Waals surface area contributed by atoms with Crippen LogP contribution in [0.5, 0.6) is 11.5 Å². The minimum atomic E-state index is -0.294. The lowest BCUT2D eigenvalue weighted by Gasteiger charge is -2.14. The molecule has 0 aliphatic carbocycles. The first kappa shape index (κ1) is 18.5. The summed E-state index contributed by atoms with van der Waals surface area (Å²) in [5.74, 6) is 0.493. The van der Waals surface area contributed by atoms with Crippen LogP contribution in [0.2, 0.25) is 5.02 Å². The third-order valence-electron chi connectivity index (χ3n) is 4.21. The van der Waals surface area contributed by atoms with Crippen LogP contribution in [0.15, 0.2) is 36.4 Å². The van der Waals surface area contributed by atoms with Crippen LogP contribution in [0, 0.1) is 11.7 Å². The van der Waals surface area contributed by atoms with Crippen molar-refractivity contribution in [3.8, 4) is 11.5 Å². The second kappa shape index (κ2) is 8.41. The number of carbonyl (C=O) groups is 1. The van der Waals surface area contributed by atoms with Crippen LogP contribution in [-0.2, 0) is 17.8 Å². The van der Waals surface area contributed by atoms with E-state index in [0.717, 1.165) is 17.5 Å².